The molecule has 140 valence electrons. The van der Waals surface area contributed by atoms with Crippen LogP contribution in [0.5, 0.6) is 5.75 Å². The maximum atomic E-state index is 13.0. The Morgan fingerprint density at radius 3 is 2.52 bits per heavy atom. The zero-order valence-electron chi connectivity index (χ0n) is 15.5. The molecule has 2 aromatic rings. The molecule has 1 amide bonds. The van der Waals surface area contributed by atoms with Gasteiger partial charge in [0, 0.05) is 37.7 Å². The molecule has 2 aromatic carbocycles. The van der Waals surface area contributed by atoms with E-state index in [4.69, 9.17) is 4.74 Å². The van der Waals surface area contributed by atoms with Gasteiger partial charge in [-0.05, 0) is 36.2 Å². The lowest BCUT2D eigenvalue weighted by molar-refractivity contribution is -0.124. The lowest BCUT2D eigenvalue weighted by Crippen LogP contribution is -2.59. The van der Waals surface area contributed by atoms with Gasteiger partial charge < -0.3 is 9.64 Å². The van der Waals surface area contributed by atoms with Crippen LogP contribution in [0.2, 0.25) is 0 Å². The van der Waals surface area contributed by atoms with E-state index in [0.717, 1.165) is 24.3 Å². The smallest absolute Gasteiger partial charge is 0.254 e. The number of rotatable bonds is 4. The summed E-state index contributed by atoms with van der Waals surface area (Å²) in [4.78, 5) is 29.8. The number of ketones is 1. The van der Waals surface area contributed by atoms with Gasteiger partial charge in [0.2, 0.25) is 0 Å². The van der Waals surface area contributed by atoms with Gasteiger partial charge >= 0.3 is 0 Å². The van der Waals surface area contributed by atoms with E-state index in [2.05, 4.69) is 4.90 Å². The van der Waals surface area contributed by atoms with Gasteiger partial charge in [-0.1, -0.05) is 30.3 Å². The largest absolute Gasteiger partial charge is 0.497 e. The molecule has 0 spiro atoms. The van der Waals surface area contributed by atoms with Gasteiger partial charge in [-0.15, -0.1) is 0 Å². The predicted molar refractivity (Wildman–Crippen MR) is 103 cm³/mol. The van der Waals surface area contributed by atoms with Gasteiger partial charge in [0.05, 0.1) is 13.2 Å². The first kappa shape index (κ1) is 17.7. The number of nitrogens with zero attached hydrogens (tertiary/aromatic N) is 2. The van der Waals surface area contributed by atoms with E-state index in [1.54, 1.807) is 7.11 Å². The van der Waals surface area contributed by atoms with Crippen molar-refractivity contribution in [3.05, 3.63) is 65.7 Å². The zero-order valence-corrected chi connectivity index (χ0v) is 15.5. The number of fused-ring (bicyclic) bond motifs is 4. The third kappa shape index (κ3) is 3.60. The van der Waals surface area contributed by atoms with Crippen molar-refractivity contribution in [2.45, 2.75) is 31.5 Å². The van der Waals surface area contributed by atoms with E-state index in [9.17, 15) is 9.59 Å². The molecule has 5 rings (SSSR count). The number of methoxy groups -OCH3 is 1. The minimum atomic E-state index is -0.224. The molecule has 3 aliphatic rings. The lowest BCUT2D eigenvalue weighted by atomic mass is 10.0. The van der Waals surface area contributed by atoms with E-state index in [0.29, 0.717) is 25.1 Å². The normalized spacial score (nSPS) is 22.6. The summed E-state index contributed by atoms with van der Waals surface area (Å²) in [6.07, 6.45) is 1.29. The maximum Gasteiger partial charge on any atom is 0.254 e. The second kappa shape index (κ2) is 7.53. The van der Waals surface area contributed by atoms with Crippen molar-refractivity contribution in [2.24, 2.45) is 0 Å². The molecule has 27 heavy (non-hydrogen) atoms. The Balaban J connectivity index is 1.53. The first-order valence-corrected chi connectivity index (χ1v) is 9.41. The van der Waals surface area contributed by atoms with Crippen molar-refractivity contribution in [3.63, 3.8) is 0 Å². The second-order valence-electron chi connectivity index (χ2n) is 7.28. The maximum absolute atomic E-state index is 13.0. The van der Waals surface area contributed by atoms with E-state index in [-0.39, 0.29) is 23.8 Å². The number of carbonyl (C=O) groups excluding carboxylic acids is 2. The van der Waals surface area contributed by atoms with E-state index in [1.165, 1.54) is 0 Å². The van der Waals surface area contributed by atoms with Crippen LogP contribution in [0.25, 0.3) is 0 Å². The number of benzene rings is 2. The first-order valence-electron chi connectivity index (χ1n) is 9.41. The number of Topliss-reactive ketones (excluding diaryl/α,β-unsaturated/α-hetero) is 1. The van der Waals surface area contributed by atoms with Crippen LogP contribution in [0.4, 0.5) is 0 Å². The number of piperazine rings is 1. The third-order valence-electron chi connectivity index (χ3n) is 5.62. The fraction of sp³-hybridized carbons (Fsp3) is 0.364. The average molecular weight is 364 g/mol. The van der Waals surface area contributed by atoms with Crippen LogP contribution in [-0.4, -0.2) is 53.8 Å². The Labute approximate surface area is 159 Å². The van der Waals surface area contributed by atoms with Gasteiger partial charge in [-0.25, -0.2) is 0 Å². The van der Waals surface area contributed by atoms with Crippen LogP contribution in [0.1, 0.15) is 28.8 Å². The van der Waals surface area contributed by atoms with Crippen molar-refractivity contribution in [2.75, 3.05) is 20.2 Å². The van der Waals surface area contributed by atoms with Crippen LogP contribution in [0.15, 0.2) is 54.6 Å². The molecule has 0 radical (unpaired) electrons. The summed E-state index contributed by atoms with van der Waals surface area (Å²) in [5.74, 6) is 1.10. The van der Waals surface area contributed by atoms with Gasteiger partial charge in [-0.3, -0.25) is 14.5 Å². The highest BCUT2D eigenvalue weighted by Crippen LogP contribution is 2.28. The van der Waals surface area contributed by atoms with Crippen molar-refractivity contribution in [3.8, 4) is 5.75 Å². The molecule has 2 atom stereocenters. The highest BCUT2D eigenvalue weighted by molar-refractivity contribution is 5.95. The Kier molecular flexibility index (Phi) is 4.94. The molecule has 0 saturated carbocycles. The predicted octanol–water partition coefficient (Wildman–Crippen LogP) is 2.75. The highest BCUT2D eigenvalue weighted by Gasteiger charge is 2.42. The number of carbonyl (C=O) groups is 2. The lowest BCUT2D eigenvalue weighted by Gasteiger charge is -2.43. The van der Waals surface area contributed by atoms with Crippen LogP contribution >= 0.6 is 0 Å². The molecule has 0 aromatic heterocycles. The fourth-order valence-corrected chi connectivity index (χ4v) is 4.11. The summed E-state index contributed by atoms with van der Waals surface area (Å²) in [7, 11) is 1.65. The SMILES string of the molecule is COc1ccc(CN2C[C@@H]3CCC(=O)[C@H]2CN3C(=O)c2ccccc2)cc1. The standard InChI is InChI=1S/C22H24N2O3/c1-27-19-10-7-16(8-11-19)13-23-14-18-9-12-21(25)20(23)15-24(18)22(26)17-5-3-2-4-6-17/h2-8,10-11,18,20H,9,12-15H2,1H3/t18-,20+/m0/s1. The summed E-state index contributed by atoms with van der Waals surface area (Å²) in [6, 6.07) is 17.2. The Morgan fingerprint density at radius 2 is 1.81 bits per heavy atom. The van der Waals surface area contributed by atoms with Crippen LogP contribution in [0.3, 0.4) is 0 Å². The second-order valence-corrected chi connectivity index (χ2v) is 7.28. The van der Waals surface area contributed by atoms with Crippen LogP contribution in [-0.2, 0) is 11.3 Å². The number of hydrogen-bond acceptors (Lipinski definition) is 4. The van der Waals surface area contributed by atoms with Gasteiger partial charge in [0.15, 0.2) is 5.78 Å². The van der Waals surface area contributed by atoms with E-state index in [1.807, 2.05) is 59.5 Å². The number of ether oxygens (including phenoxy) is 1. The first-order chi connectivity index (χ1) is 13.2. The molecule has 5 nitrogen and oxygen atoms in total. The molecule has 3 fully saturated rings. The third-order valence-corrected chi connectivity index (χ3v) is 5.62. The van der Waals surface area contributed by atoms with Gasteiger partial charge in [0.25, 0.3) is 5.91 Å². The van der Waals surface area contributed by atoms with Crippen molar-refractivity contribution in [1.82, 2.24) is 9.80 Å². The minimum absolute atomic E-state index is 0.0318. The van der Waals surface area contributed by atoms with Gasteiger partial charge in [-0.2, -0.15) is 0 Å². The monoisotopic (exact) mass is 364 g/mol. The molecule has 5 heteroatoms. The highest BCUT2D eigenvalue weighted by atomic mass is 16.5. The summed E-state index contributed by atoms with van der Waals surface area (Å²) in [5.41, 5.74) is 1.84. The average Bonchev–Trinajstić information content (AvgIpc) is 2.97. The van der Waals surface area contributed by atoms with Gasteiger partial charge in [0.1, 0.15) is 5.75 Å². The number of amides is 1. The molecule has 0 unspecified atom stereocenters. The fourth-order valence-electron chi connectivity index (χ4n) is 4.11. The van der Waals surface area contributed by atoms with Crippen LogP contribution < -0.4 is 4.74 Å². The molecular formula is C22H24N2O3. The summed E-state index contributed by atoms with van der Waals surface area (Å²) in [5, 5.41) is 0. The Bertz CT molecular complexity index is 819. The molecular weight excluding hydrogens is 340 g/mol. The van der Waals surface area contributed by atoms with E-state index >= 15 is 0 Å². The number of hydrogen-bond donors (Lipinski definition) is 0. The summed E-state index contributed by atoms with van der Waals surface area (Å²) >= 11 is 0. The summed E-state index contributed by atoms with van der Waals surface area (Å²) in [6.45, 7) is 1.93. The van der Waals surface area contributed by atoms with Crippen molar-refractivity contribution < 1.29 is 14.3 Å². The molecule has 0 N–H and O–H groups in total. The van der Waals surface area contributed by atoms with Crippen molar-refractivity contribution in [1.29, 1.82) is 0 Å². The van der Waals surface area contributed by atoms with Crippen LogP contribution in [0, 0.1) is 0 Å². The molecule has 3 aliphatic heterocycles. The van der Waals surface area contributed by atoms with E-state index < -0.39 is 0 Å². The molecule has 3 heterocycles. The minimum Gasteiger partial charge on any atom is -0.497 e. The molecule has 0 aliphatic carbocycles. The summed E-state index contributed by atoms with van der Waals surface area (Å²) < 4.78 is 5.22. The Morgan fingerprint density at radius 1 is 1.07 bits per heavy atom. The zero-order chi connectivity index (χ0) is 18.8. The topological polar surface area (TPSA) is 49.9 Å². The quantitative estimate of drug-likeness (QED) is 0.837. The molecule has 3 saturated heterocycles. The molecule has 2 bridgehead atoms. The van der Waals surface area contributed by atoms with Crippen molar-refractivity contribution >= 4 is 11.7 Å². The Hall–Kier alpha value is -2.66.